The maximum atomic E-state index is 2.60. The first-order valence-electron chi connectivity index (χ1n) is 18.8. The van der Waals surface area contributed by atoms with E-state index in [1.165, 1.54) is 106 Å². The second-order valence-electron chi connectivity index (χ2n) is 15.8. The molecule has 1 spiro atoms. The van der Waals surface area contributed by atoms with Gasteiger partial charge in [0.2, 0.25) is 0 Å². The SMILES string of the molecule is c1ccc(-c2cc3c4c5c2Cc2ccc6c(c25)c2c(cc(-c5ccc7c(c5)C5(c8ccccc8-c8ccccc85)c5ccccc5-7)c(c24)C3)C6)cc1. The van der Waals surface area contributed by atoms with Gasteiger partial charge in [0.15, 0.2) is 0 Å². The van der Waals surface area contributed by atoms with Crippen LogP contribution in [0.25, 0.3) is 76.8 Å². The first kappa shape index (κ1) is 26.6. The molecule has 238 valence electrons. The van der Waals surface area contributed by atoms with Gasteiger partial charge in [0.05, 0.1) is 5.41 Å². The molecular weight excluding hydrogens is 625 g/mol. The van der Waals surface area contributed by atoms with E-state index in [4.69, 9.17) is 0 Å². The van der Waals surface area contributed by atoms with E-state index in [9.17, 15) is 0 Å². The number of benzene rings is 9. The Balaban J connectivity index is 1.08. The van der Waals surface area contributed by atoms with E-state index < -0.39 is 0 Å². The summed E-state index contributed by atoms with van der Waals surface area (Å²) in [6, 6.07) is 56.1. The standard InChI is InChI=1S/C52H30/c1-2-10-28(11-3-1)38-25-33-26-41-39(24-32-22-30-18-19-31-23-40(38)50-47(31)46(30)48(32)51(41)49(33)50)29-20-21-37-36-14-6-9-17-44(36)52(45(37)27-29)42-15-7-4-12-34(42)35-13-5-8-16-43(35)52/h1-21,24-25,27H,22-23,26H2. The summed E-state index contributed by atoms with van der Waals surface area (Å²) in [7, 11) is 0. The van der Waals surface area contributed by atoms with Gasteiger partial charge in [0.25, 0.3) is 0 Å². The molecule has 0 aromatic heterocycles. The van der Waals surface area contributed by atoms with Gasteiger partial charge in [-0.1, -0.05) is 127 Å². The average Bonchev–Trinajstić information content (AvgIpc) is 4.00. The molecule has 0 heterocycles. The Bertz CT molecular complexity index is 3130. The summed E-state index contributed by atoms with van der Waals surface area (Å²) in [5.74, 6) is 0. The van der Waals surface area contributed by atoms with Crippen LogP contribution in [0.1, 0.15) is 55.6 Å². The molecule has 9 aromatic carbocycles. The fourth-order valence-corrected chi connectivity index (χ4v) is 11.9. The van der Waals surface area contributed by atoms with Gasteiger partial charge in [-0.25, -0.2) is 0 Å². The average molecular weight is 655 g/mol. The molecule has 0 saturated heterocycles. The van der Waals surface area contributed by atoms with E-state index in [0.717, 1.165) is 19.3 Å². The molecule has 0 saturated carbocycles. The molecule has 0 N–H and O–H groups in total. The summed E-state index contributed by atoms with van der Waals surface area (Å²) in [6.45, 7) is 0. The van der Waals surface area contributed by atoms with E-state index in [0.29, 0.717) is 0 Å². The topological polar surface area (TPSA) is 0 Å². The van der Waals surface area contributed by atoms with Crippen molar-refractivity contribution < 1.29 is 0 Å². The fraction of sp³-hybridized carbons (Fsp3) is 0.0769. The molecular formula is C52H30. The molecule has 5 aliphatic carbocycles. The Morgan fingerprint density at radius 3 is 1.40 bits per heavy atom. The lowest BCUT2D eigenvalue weighted by Gasteiger charge is -2.30. The van der Waals surface area contributed by atoms with Crippen LogP contribution in [0, 0.1) is 0 Å². The summed E-state index contributed by atoms with van der Waals surface area (Å²) in [5.41, 5.74) is 25.3. The highest BCUT2D eigenvalue weighted by molar-refractivity contribution is 6.34. The zero-order valence-corrected chi connectivity index (χ0v) is 28.5. The third kappa shape index (κ3) is 2.81. The highest BCUT2D eigenvalue weighted by Crippen LogP contribution is 2.63. The van der Waals surface area contributed by atoms with Crippen molar-refractivity contribution in [2.75, 3.05) is 0 Å². The van der Waals surface area contributed by atoms with E-state index in [-0.39, 0.29) is 5.41 Å². The number of hydrogen-bond acceptors (Lipinski definition) is 0. The summed E-state index contributed by atoms with van der Waals surface area (Å²) in [6.07, 6.45) is 3.02. The van der Waals surface area contributed by atoms with Gasteiger partial charge in [-0.2, -0.15) is 0 Å². The molecule has 0 nitrogen and oxygen atoms in total. The van der Waals surface area contributed by atoms with Crippen molar-refractivity contribution in [3.63, 3.8) is 0 Å². The smallest absolute Gasteiger partial charge is 0.0622 e. The molecule has 0 fully saturated rings. The predicted octanol–water partition coefficient (Wildman–Crippen LogP) is 12.5. The van der Waals surface area contributed by atoms with Gasteiger partial charge in [-0.3, -0.25) is 0 Å². The highest BCUT2D eigenvalue weighted by atomic mass is 14.5. The maximum Gasteiger partial charge on any atom is 0.0725 e. The van der Waals surface area contributed by atoms with E-state index >= 15 is 0 Å². The second-order valence-corrected chi connectivity index (χ2v) is 15.8. The Kier molecular flexibility index (Phi) is 4.49. The first-order valence-corrected chi connectivity index (χ1v) is 18.8. The third-order valence-corrected chi connectivity index (χ3v) is 13.7. The summed E-state index contributed by atoms with van der Waals surface area (Å²) < 4.78 is 0. The van der Waals surface area contributed by atoms with Crippen LogP contribution < -0.4 is 0 Å². The van der Waals surface area contributed by atoms with E-state index in [1.54, 1.807) is 26.9 Å². The van der Waals surface area contributed by atoms with Crippen molar-refractivity contribution in [1.82, 2.24) is 0 Å². The quantitative estimate of drug-likeness (QED) is 0.163. The van der Waals surface area contributed by atoms with Crippen LogP contribution in [-0.2, 0) is 24.7 Å². The predicted molar refractivity (Wildman–Crippen MR) is 215 cm³/mol. The Hall–Kier alpha value is -6.24. The molecule has 0 amide bonds. The monoisotopic (exact) mass is 654 g/mol. The minimum atomic E-state index is -0.337. The van der Waals surface area contributed by atoms with Crippen LogP contribution in [0.5, 0.6) is 0 Å². The summed E-state index contributed by atoms with van der Waals surface area (Å²) in [4.78, 5) is 0. The molecule has 14 rings (SSSR count). The van der Waals surface area contributed by atoms with Crippen molar-refractivity contribution in [2.24, 2.45) is 0 Å². The van der Waals surface area contributed by atoms with Crippen LogP contribution >= 0.6 is 0 Å². The lowest BCUT2D eigenvalue weighted by molar-refractivity contribution is 0.794. The summed E-state index contributed by atoms with van der Waals surface area (Å²) >= 11 is 0. The van der Waals surface area contributed by atoms with Crippen molar-refractivity contribution in [2.45, 2.75) is 24.7 Å². The van der Waals surface area contributed by atoms with E-state index in [2.05, 4.69) is 146 Å². The molecule has 0 heteroatoms. The van der Waals surface area contributed by atoms with Gasteiger partial charge in [-0.05, 0) is 170 Å². The normalized spacial score (nSPS) is 15.2. The van der Waals surface area contributed by atoms with Crippen molar-refractivity contribution >= 4 is 32.3 Å². The molecule has 0 aliphatic heterocycles. The minimum Gasteiger partial charge on any atom is -0.0622 e. The van der Waals surface area contributed by atoms with E-state index in [1.807, 2.05) is 0 Å². The fourth-order valence-electron chi connectivity index (χ4n) is 11.9. The first-order chi connectivity index (χ1) is 25.8. The molecule has 0 radical (unpaired) electrons. The number of hydrogen-bond donors (Lipinski definition) is 0. The molecule has 9 aromatic rings. The van der Waals surface area contributed by atoms with Crippen molar-refractivity contribution in [3.05, 3.63) is 201 Å². The molecule has 0 unspecified atom stereocenters. The lowest BCUT2D eigenvalue weighted by Crippen LogP contribution is -2.25. The summed E-state index contributed by atoms with van der Waals surface area (Å²) in [5, 5.41) is 9.25. The van der Waals surface area contributed by atoms with Gasteiger partial charge in [0.1, 0.15) is 0 Å². The third-order valence-electron chi connectivity index (χ3n) is 13.7. The lowest BCUT2D eigenvalue weighted by atomic mass is 9.70. The Morgan fingerprint density at radius 2 is 0.750 bits per heavy atom. The number of fused-ring (bicyclic) bond motifs is 10. The Labute approximate surface area is 301 Å². The van der Waals surface area contributed by atoms with Crippen LogP contribution in [0.4, 0.5) is 0 Å². The molecule has 0 atom stereocenters. The zero-order chi connectivity index (χ0) is 33.4. The zero-order valence-electron chi connectivity index (χ0n) is 28.5. The van der Waals surface area contributed by atoms with Crippen LogP contribution in [0.15, 0.2) is 146 Å². The van der Waals surface area contributed by atoms with Gasteiger partial charge < -0.3 is 0 Å². The van der Waals surface area contributed by atoms with Crippen LogP contribution in [-0.4, -0.2) is 0 Å². The van der Waals surface area contributed by atoms with Gasteiger partial charge in [-0.15, -0.1) is 0 Å². The van der Waals surface area contributed by atoms with Gasteiger partial charge >= 0.3 is 0 Å². The van der Waals surface area contributed by atoms with Crippen molar-refractivity contribution in [3.8, 4) is 44.5 Å². The number of rotatable bonds is 2. The van der Waals surface area contributed by atoms with Crippen LogP contribution in [0.2, 0.25) is 0 Å². The van der Waals surface area contributed by atoms with Gasteiger partial charge in [0, 0.05) is 0 Å². The molecule has 5 aliphatic rings. The second kappa shape index (κ2) is 8.79. The molecule has 0 bridgehead atoms. The highest BCUT2D eigenvalue weighted by Gasteiger charge is 2.51. The van der Waals surface area contributed by atoms with Crippen LogP contribution in [0.3, 0.4) is 0 Å². The molecule has 52 heavy (non-hydrogen) atoms. The maximum absolute atomic E-state index is 2.60. The largest absolute Gasteiger partial charge is 0.0725 e. The van der Waals surface area contributed by atoms with Crippen molar-refractivity contribution in [1.29, 1.82) is 0 Å². The minimum absolute atomic E-state index is 0.337. The Morgan fingerprint density at radius 1 is 0.288 bits per heavy atom.